The van der Waals surface area contributed by atoms with Gasteiger partial charge >= 0.3 is 6.03 Å². The predicted molar refractivity (Wildman–Crippen MR) is 110 cm³/mol. The Morgan fingerprint density at radius 2 is 1.97 bits per heavy atom. The summed E-state index contributed by atoms with van der Waals surface area (Å²) in [4.78, 5) is 20.8. The van der Waals surface area contributed by atoms with Crippen LogP contribution in [0.3, 0.4) is 0 Å². The standard InChI is InChI=1S/C20H27N5O3S/c1-23-8-10-25(11-9-23)29(27,28)19-4-2-16(3-5-19)12-22-20(26)24-14-17-6-7-21-13-18(17)15-24/h2,4-7,13,16H,3,8-12,14-15H2,1H3,(H,22,26). The van der Waals surface area contributed by atoms with E-state index in [9.17, 15) is 13.2 Å². The molecule has 3 heterocycles. The van der Waals surface area contributed by atoms with Gasteiger partial charge in [-0.05, 0) is 42.7 Å². The van der Waals surface area contributed by atoms with Crippen LogP contribution < -0.4 is 5.32 Å². The summed E-state index contributed by atoms with van der Waals surface area (Å²) < 4.78 is 27.2. The number of hydrogen-bond donors (Lipinski definition) is 1. The molecule has 2 amide bonds. The summed E-state index contributed by atoms with van der Waals surface area (Å²) in [7, 11) is -1.43. The van der Waals surface area contributed by atoms with Gasteiger partial charge in [-0.2, -0.15) is 4.31 Å². The zero-order valence-corrected chi connectivity index (χ0v) is 17.4. The van der Waals surface area contributed by atoms with E-state index in [0.717, 1.165) is 24.2 Å². The number of carbonyl (C=O) groups is 1. The summed E-state index contributed by atoms with van der Waals surface area (Å²) in [6.07, 6.45) is 9.51. The van der Waals surface area contributed by atoms with E-state index in [1.807, 2.05) is 19.2 Å². The van der Waals surface area contributed by atoms with E-state index in [0.29, 0.717) is 44.0 Å². The van der Waals surface area contributed by atoms with Gasteiger partial charge < -0.3 is 15.1 Å². The van der Waals surface area contributed by atoms with Crippen LogP contribution in [0.5, 0.6) is 0 Å². The first-order valence-corrected chi connectivity index (χ1v) is 11.4. The number of likely N-dealkylation sites (N-methyl/N-ethyl adjacent to an activating group) is 1. The quantitative estimate of drug-likeness (QED) is 0.794. The van der Waals surface area contributed by atoms with Crippen LogP contribution in [0.2, 0.25) is 0 Å². The lowest BCUT2D eigenvalue weighted by atomic mass is 10.0. The Morgan fingerprint density at radius 3 is 2.66 bits per heavy atom. The number of fused-ring (bicyclic) bond motifs is 1. The summed E-state index contributed by atoms with van der Waals surface area (Å²) in [5, 5.41) is 2.97. The van der Waals surface area contributed by atoms with E-state index in [2.05, 4.69) is 15.2 Å². The van der Waals surface area contributed by atoms with E-state index in [-0.39, 0.29) is 11.9 Å². The number of amides is 2. The van der Waals surface area contributed by atoms with Crippen LogP contribution in [0.15, 0.2) is 41.6 Å². The fourth-order valence-electron chi connectivity index (χ4n) is 3.86. The molecule has 3 aliphatic rings. The Balaban J connectivity index is 1.27. The minimum Gasteiger partial charge on any atom is -0.337 e. The van der Waals surface area contributed by atoms with Gasteiger partial charge in [0, 0.05) is 58.2 Å². The van der Waals surface area contributed by atoms with Gasteiger partial charge in [-0.3, -0.25) is 4.98 Å². The number of pyridine rings is 1. The average Bonchev–Trinajstić information content (AvgIpc) is 3.17. The molecule has 8 nitrogen and oxygen atoms in total. The van der Waals surface area contributed by atoms with Crippen LogP contribution in [0.4, 0.5) is 4.79 Å². The van der Waals surface area contributed by atoms with E-state index < -0.39 is 10.0 Å². The zero-order valence-electron chi connectivity index (χ0n) is 16.6. The number of allylic oxidation sites excluding steroid dienone is 2. The van der Waals surface area contributed by atoms with Crippen LogP contribution >= 0.6 is 0 Å². The molecule has 1 atom stereocenters. The van der Waals surface area contributed by atoms with E-state index in [1.54, 1.807) is 33.8 Å². The molecule has 29 heavy (non-hydrogen) atoms. The molecule has 0 bridgehead atoms. The molecule has 1 aliphatic carbocycles. The van der Waals surface area contributed by atoms with Gasteiger partial charge in [0.1, 0.15) is 0 Å². The number of sulfonamides is 1. The molecule has 1 aromatic rings. The summed E-state index contributed by atoms with van der Waals surface area (Å²) in [6.45, 7) is 4.20. The summed E-state index contributed by atoms with van der Waals surface area (Å²) in [6, 6.07) is 1.84. The summed E-state index contributed by atoms with van der Waals surface area (Å²) in [5.41, 5.74) is 2.22. The topological polar surface area (TPSA) is 85.8 Å². The fourth-order valence-corrected chi connectivity index (χ4v) is 5.36. The van der Waals surface area contributed by atoms with Gasteiger partial charge in [-0.15, -0.1) is 0 Å². The molecule has 4 rings (SSSR count). The Bertz CT molecular complexity index is 910. The summed E-state index contributed by atoms with van der Waals surface area (Å²) >= 11 is 0. The second-order valence-electron chi connectivity index (χ2n) is 7.86. The van der Waals surface area contributed by atoms with Crippen LogP contribution in [-0.4, -0.2) is 73.3 Å². The lowest BCUT2D eigenvalue weighted by Gasteiger charge is -2.32. The predicted octanol–water partition coefficient (Wildman–Crippen LogP) is 1.14. The van der Waals surface area contributed by atoms with E-state index in [1.165, 1.54) is 0 Å². The smallest absolute Gasteiger partial charge is 0.318 e. The second-order valence-corrected chi connectivity index (χ2v) is 9.79. The second kappa shape index (κ2) is 8.25. The first-order chi connectivity index (χ1) is 13.9. The molecule has 0 saturated carbocycles. The fraction of sp³-hybridized carbons (Fsp3) is 0.500. The van der Waals surface area contributed by atoms with Crippen molar-refractivity contribution in [1.82, 2.24) is 24.4 Å². The molecule has 2 aliphatic heterocycles. The van der Waals surface area contributed by atoms with Crippen LogP contribution in [0.25, 0.3) is 0 Å². The number of piperazine rings is 1. The van der Waals surface area contributed by atoms with Gasteiger partial charge in [-0.25, -0.2) is 13.2 Å². The van der Waals surface area contributed by atoms with Crippen molar-refractivity contribution in [2.75, 3.05) is 39.8 Å². The van der Waals surface area contributed by atoms with Crippen molar-refractivity contribution in [2.24, 2.45) is 5.92 Å². The van der Waals surface area contributed by atoms with Crippen molar-refractivity contribution in [1.29, 1.82) is 0 Å². The van der Waals surface area contributed by atoms with E-state index >= 15 is 0 Å². The number of hydrogen-bond acceptors (Lipinski definition) is 5. The van der Waals surface area contributed by atoms with Crippen LogP contribution in [-0.2, 0) is 23.1 Å². The highest BCUT2D eigenvalue weighted by atomic mass is 32.2. The van der Waals surface area contributed by atoms with Gasteiger partial charge in [0.05, 0.1) is 4.91 Å². The molecule has 9 heteroatoms. The number of rotatable bonds is 4. The minimum atomic E-state index is -3.43. The molecule has 0 spiro atoms. The third-order valence-electron chi connectivity index (χ3n) is 5.78. The number of nitrogens with zero attached hydrogens (tertiary/aromatic N) is 4. The SMILES string of the molecule is CN1CCN(S(=O)(=O)C2=CCC(CNC(=O)N3Cc4ccncc4C3)C=C2)CC1. The van der Waals surface area contributed by atoms with Crippen molar-refractivity contribution in [2.45, 2.75) is 19.5 Å². The molecule has 0 radical (unpaired) electrons. The van der Waals surface area contributed by atoms with Crippen LogP contribution in [0.1, 0.15) is 17.5 Å². The Kier molecular flexibility index (Phi) is 5.71. The highest BCUT2D eigenvalue weighted by Crippen LogP contribution is 2.24. The molecule has 156 valence electrons. The normalized spacial score (nSPS) is 23.0. The molecular weight excluding hydrogens is 390 g/mol. The molecule has 1 unspecified atom stereocenters. The summed E-state index contributed by atoms with van der Waals surface area (Å²) in [5.74, 6) is 0.0945. The van der Waals surface area contributed by atoms with Gasteiger partial charge in [-0.1, -0.05) is 12.2 Å². The highest BCUT2D eigenvalue weighted by Gasteiger charge is 2.29. The molecular formula is C20H27N5O3S. The monoisotopic (exact) mass is 417 g/mol. The number of nitrogens with one attached hydrogen (secondary N) is 1. The molecule has 1 fully saturated rings. The zero-order chi connectivity index (χ0) is 20.4. The van der Waals surface area contributed by atoms with Crippen molar-refractivity contribution in [3.8, 4) is 0 Å². The minimum absolute atomic E-state index is 0.0945. The van der Waals surface area contributed by atoms with Crippen molar-refractivity contribution < 1.29 is 13.2 Å². The van der Waals surface area contributed by atoms with Crippen molar-refractivity contribution in [3.05, 3.63) is 52.7 Å². The Hall–Kier alpha value is -2.23. The van der Waals surface area contributed by atoms with Gasteiger partial charge in [0.2, 0.25) is 10.0 Å². The largest absolute Gasteiger partial charge is 0.337 e. The number of carbonyl (C=O) groups excluding carboxylic acids is 1. The first kappa shape index (κ1) is 20.1. The number of aromatic nitrogens is 1. The maximum absolute atomic E-state index is 12.8. The van der Waals surface area contributed by atoms with Crippen molar-refractivity contribution >= 4 is 16.1 Å². The highest BCUT2D eigenvalue weighted by molar-refractivity contribution is 7.93. The molecule has 1 aromatic heterocycles. The maximum Gasteiger partial charge on any atom is 0.318 e. The lowest BCUT2D eigenvalue weighted by molar-refractivity contribution is 0.197. The third-order valence-corrected chi connectivity index (χ3v) is 7.73. The number of urea groups is 1. The third kappa shape index (κ3) is 4.36. The van der Waals surface area contributed by atoms with Gasteiger partial charge in [0.15, 0.2) is 0 Å². The van der Waals surface area contributed by atoms with E-state index in [4.69, 9.17) is 0 Å². The molecule has 1 N–H and O–H groups in total. The molecule has 1 saturated heterocycles. The lowest BCUT2D eigenvalue weighted by Crippen LogP contribution is -2.47. The first-order valence-electron chi connectivity index (χ1n) is 9.95. The van der Waals surface area contributed by atoms with Crippen LogP contribution in [0, 0.1) is 5.92 Å². The Labute approximate surface area is 171 Å². The maximum atomic E-state index is 12.8. The van der Waals surface area contributed by atoms with Gasteiger partial charge in [0.25, 0.3) is 0 Å². The van der Waals surface area contributed by atoms with Crippen molar-refractivity contribution in [3.63, 3.8) is 0 Å². The molecule has 0 aromatic carbocycles. The average molecular weight is 418 g/mol. The Morgan fingerprint density at radius 1 is 1.21 bits per heavy atom.